The molecule has 0 bridgehead atoms. The van der Waals surface area contributed by atoms with E-state index in [1.54, 1.807) is 0 Å². The molecule has 1 aliphatic carbocycles. The Kier molecular flexibility index (Phi) is 6.24. The maximum Gasteiger partial charge on any atom is 0.217 e. The fourth-order valence-electron chi connectivity index (χ4n) is 2.48. The number of aldehydes is 1. The average Bonchev–Trinajstić information content (AvgIpc) is 2.32. The highest BCUT2D eigenvalue weighted by Crippen LogP contribution is 2.29. The maximum absolute atomic E-state index is 11.1. The van der Waals surface area contributed by atoms with E-state index in [4.69, 9.17) is 4.84 Å². The van der Waals surface area contributed by atoms with Gasteiger partial charge in [-0.2, -0.15) is 5.48 Å². The molecular weight excluding hydrogens is 236 g/mol. The van der Waals surface area contributed by atoms with Crippen LogP contribution < -0.4 is 10.8 Å². The van der Waals surface area contributed by atoms with Crippen LogP contribution in [-0.4, -0.2) is 42.1 Å². The first kappa shape index (κ1) is 15.1. The van der Waals surface area contributed by atoms with Crippen LogP contribution in [0.1, 0.15) is 33.1 Å². The molecule has 3 N–H and O–H groups in total. The molecule has 0 aromatic carbocycles. The third-order valence-corrected chi connectivity index (χ3v) is 3.30. The summed E-state index contributed by atoms with van der Waals surface area (Å²) in [5.74, 6) is 0.0524. The van der Waals surface area contributed by atoms with Crippen molar-refractivity contribution in [2.45, 2.75) is 51.4 Å². The van der Waals surface area contributed by atoms with Gasteiger partial charge in [0, 0.05) is 13.3 Å². The number of rotatable bonds is 6. The summed E-state index contributed by atoms with van der Waals surface area (Å²) in [7, 11) is 0. The molecule has 4 unspecified atom stereocenters. The predicted octanol–water partition coefficient (Wildman–Crippen LogP) is -0.239. The number of carbonyl (C=O) groups excluding carboxylic acids is 2. The molecule has 18 heavy (non-hydrogen) atoms. The summed E-state index contributed by atoms with van der Waals surface area (Å²) in [5, 5.41) is 12.9. The van der Waals surface area contributed by atoms with E-state index in [1.165, 1.54) is 6.92 Å². The first-order valence-electron chi connectivity index (χ1n) is 6.35. The van der Waals surface area contributed by atoms with Gasteiger partial charge in [-0.05, 0) is 12.3 Å². The van der Waals surface area contributed by atoms with Crippen molar-refractivity contribution >= 4 is 12.2 Å². The third kappa shape index (κ3) is 4.36. The summed E-state index contributed by atoms with van der Waals surface area (Å²) in [4.78, 5) is 26.6. The minimum Gasteiger partial charge on any atom is -0.391 e. The standard InChI is InChI=1S/C12H22N2O4/c1-3-9-6-10(18-13-4-5-15)7-11(17)12(9)14-8(2)16/h5,9-13,17H,3-4,6-7H2,1-2H3,(H,14,16). The molecule has 0 aromatic heterocycles. The summed E-state index contributed by atoms with van der Waals surface area (Å²) >= 11 is 0. The molecule has 1 amide bonds. The first-order chi connectivity index (χ1) is 8.58. The molecule has 0 heterocycles. The molecule has 1 rings (SSSR count). The topological polar surface area (TPSA) is 87.7 Å². The summed E-state index contributed by atoms with van der Waals surface area (Å²) in [6.07, 6.45) is 2.04. The van der Waals surface area contributed by atoms with Crippen molar-refractivity contribution in [3.8, 4) is 0 Å². The smallest absolute Gasteiger partial charge is 0.217 e. The summed E-state index contributed by atoms with van der Waals surface area (Å²) < 4.78 is 0. The second-order valence-electron chi connectivity index (χ2n) is 4.69. The molecule has 0 spiro atoms. The van der Waals surface area contributed by atoms with Crippen molar-refractivity contribution in [1.82, 2.24) is 10.8 Å². The normalized spacial score (nSPS) is 31.9. The van der Waals surface area contributed by atoms with E-state index < -0.39 is 6.10 Å². The van der Waals surface area contributed by atoms with E-state index in [9.17, 15) is 14.7 Å². The molecule has 1 aliphatic rings. The van der Waals surface area contributed by atoms with E-state index in [-0.39, 0.29) is 30.5 Å². The van der Waals surface area contributed by atoms with Gasteiger partial charge in [0.15, 0.2) is 0 Å². The molecule has 0 aliphatic heterocycles. The van der Waals surface area contributed by atoms with Crippen LogP contribution in [0.3, 0.4) is 0 Å². The van der Waals surface area contributed by atoms with Gasteiger partial charge >= 0.3 is 0 Å². The van der Waals surface area contributed by atoms with Crippen molar-refractivity contribution < 1.29 is 19.5 Å². The van der Waals surface area contributed by atoms with E-state index in [2.05, 4.69) is 10.8 Å². The van der Waals surface area contributed by atoms with Crippen molar-refractivity contribution in [3.63, 3.8) is 0 Å². The Morgan fingerprint density at radius 3 is 2.78 bits per heavy atom. The molecular formula is C12H22N2O4. The summed E-state index contributed by atoms with van der Waals surface area (Å²) in [5.41, 5.74) is 2.56. The molecule has 0 radical (unpaired) electrons. The average molecular weight is 258 g/mol. The lowest BCUT2D eigenvalue weighted by atomic mass is 9.79. The minimum atomic E-state index is -0.615. The van der Waals surface area contributed by atoms with Gasteiger partial charge in [0.1, 0.15) is 6.29 Å². The zero-order valence-electron chi connectivity index (χ0n) is 10.9. The molecule has 6 heteroatoms. The Bertz CT molecular complexity index is 285. The van der Waals surface area contributed by atoms with Gasteiger partial charge < -0.3 is 15.2 Å². The molecule has 6 nitrogen and oxygen atoms in total. The van der Waals surface area contributed by atoms with Crippen LogP contribution >= 0.6 is 0 Å². The SMILES string of the molecule is CCC1CC(ONCC=O)CC(O)C1NC(C)=O. The molecule has 0 saturated heterocycles. The predicted molar refractivity (Wildman–Crippen MR) is 65.6 cm³/mol. The van der Waals surface area contributed by atoms with Gasteiger partial charge in [0.05, 0.1) is 24.8 Å². The highest BCUT2D eigenvalue weighted by molar-refractivity contribution is 5.73. The molecule has 104 valence electrons. The molecule has 1 saturated carbocycles. The summed E-state index contributed by atoms with van der Waals surface area (Å²) in [6, 6.07) is -0.210. The molecule has 1 fully saturated rings. The van der Waals surface area contributed by atoms with Crippen LogP contribution in [0, 0.1) is 5.92 Å². The quantitative estimate of drug-likeness (QED) is 0.348. The van der Waals surface area contributed by atoms with Gasteiger partial charge in [-0.25, -0.2) is 0 Å². The van der Waals surface area contributed by atoms with Crippen LogP contribution in [-0.2, 0) is 14.4 Å². The lowest BCUT2D eigenvalue weighted by Gasteiger charge is -2.39. The second-order valence-corrected chi connectivity index (χ2v) is 4.69. The van der Waals surface area contributed by atoms with Gasteiger partial charge in [-0.15, -0.1) is 0 Å². The lowest BCUT2D eigenvalue weighted by molar-refractivity contribution is -0.126. The number of nitrogens with one attached hydrogen (secondary N) is 2. The minimum absolute atomic E-state index is 0.129. The molecule has 0 aromatic rings. The van der Waals surface area contributed by atoms with Gasteiger partial charge in [-0.1, -0.05) is 13.3 Å². The van der Waals surface area contributed by atoms with Crippen molar-refractivity contribution in [2.24, 2.45) is 5.92 Å². The number of amides is 1. The van der Waals surface area contributed by atoms with Crippen LogP contribution in [0.5, 0.6) is 0 Å². The Labute approximate surface area is 107 Å². The van der Waals surface area contributed by atoms with Gasteiger partial charge in [-0.3, -0.25) is 9.63 Å². The van der Waals surface area contributed by atoms with E-state index in [1.807, 2.05) is 6.92 Å². The van der Waals surface area contributed by atoms with E-state index in [0.717, 1.165) is 19.1 Å². The van der Waals surface area contributed by atoms with Crippen molar-refractivity contribution in [1.29, 1.82) is 0 Å². The maximum atomic E-state index is 11.1. The Hall–Kier alpha value is -0.980. The Morgan fingerprint density at radius 2 is 2.22 bits per heavy atom. The summed E-state index contributed by atoms with van der Waals surface area (Å²) in [6.45, 7) is 3.61. The van der Waals surface area contributed by atoms with E-state index in [0.29, 0.717) is 6.42 Å². The monoisotopic (exact) mass is 258 g/mol. The van der Waals surface area contributed by atoms with Crippen LogP contribution in [0.25, 0.3) is 0 Å². The van der Waals surface area contributed by atoms with Crippen LogP contribution in [0.2, 0.25) is 0 Å². The highest BCUT2D eigenvalue weighted by Gasteiger charge is 2.37. The van der Waals surface area contributed by atoms with Gasteiger partial charge in [0.2, 0.25) is 5.91 Å². The first-order valence-corrected chi connectivity index (χ1v) is 6.35. The highest BCUT2D eigenvalue weighted by atomic mass is 16.7. The number of hydroxylamine groups is 1. The second kappa shape index (κ2) is 7.45. The van der Waals surface area contributed by atoms with Gasteiger partial charge in [0.25, 0.3) is 0 Å². The number of carbonyl (C=O) groups is 2. The Morgan fingerprint density at radius 1 is 1.50 bits per heavy atom. The zero-order chi connectivity index (χ0) is 13.5. The third-order valence-electron chi connectivity index (χ3n) is 3.30. The largest absolute Gasteiger partial charge is 0.391 e. The fourth-order valence-corrected chi connectivity index (χ4v) is 2.48. The zero-order valence-corrected chi connectivity index (χ0v) is 10.9. The number of aliphatic hydroxyl groups is 1. The fraction of sp³-hybridized carbons (Fsp3) is 0.833. The van der Waals surface area contributed by atoms with E-state index >= 15 is 0 Å². The lowest BCUT2D eigenvalue weighted by Crippen LogP contribution is -2.53. The number of aliphatic hydroxyl groups excluding tert-OH is 1. The number of hydrogen-bond donors (Lipinski definition) is 3. The van der Waals surface area contributed by atoms with Crippen LogP contribution in [0.4, 0.5) is 0 Å². The van der Waals surface area contributed by atoms with Crippen molar-refractivity contribution in [3.05, 3.63) is 0 Å². The molecule has 4 atom stereocenters. The van der Waals surface area contributed by atoms with Crippen LogP contribution in [0.15, 0.2) is 0 Å². The number of hydrogen-bond acceptors (Lipinski definition) is 5. The van der Waals surface area contributed by atoms with Crippen molar-refractivity contribution in [2.75, 3.05) is 6.54 Å². The Balaban J connectivity index is 2.52.